The van der Waals surface area contributed by atoms with Crippen LogP contribution < -0.4 is 5.56 Å². The van der Waals surface area contributed by atoms with E-state index in [-0.39, 0.29) is 5.56 Å². The van der Waals surface area contributed by atoms with Crippen molar-refractivity contribution in [1.29, 1.82) is 0 Å². The second-order valence-corrected chi connectivity index (χ2v) is 7.51. The first-order valence-electron chi connectivity index (χ1n) is 7.44. The molecule has 3 heterocycles. The van der Waals surface area contributed by atoms with E-state index in [1.807, 2.05) is 25.1 Å². The maximum Gasteiger partial charge on any atom is 0.348 e. The second-order valence-electron chi connectivity index (χ2n) is 5.19. The summed E-state index contributed by atoms with van der Waals surface area (Å²) in [6.07, 6.45) is 3.68. The van der Waals surface area contributed by atoms with Gasteiger partial charge in [-0.15, -0.1) is 22.7 Å². The third-order valence-corrected chi connectivity index (χ3v) is 5.58. The number of thiophene rings is 2. The van der Waals surface area contributed by atoms with Gasteiger partial charge in [0.1, 0.15) is 15.5 Å². The fraction of sp³-hybridized carbons (Fsp3) is 0.235. The van der Waals surface area contributed by atoms with Crippen LogP contribution in [0.2, 0.25) is 0 Å². The van der Waals surface area contributed by atoms with Crippen molar-refractivity contribution in [3.05, 3.63) is 48.5 Å². The number of rotatable bonds is 4. The van der Waals surface area contributed by atoms with E-state index in [0.29, 0.717) is 33.1 Å². The molecular formula is C17H16N2O3S2. The van der Waals surface area contributed by atoms with Crippen molar-refractivity contribution in [2.24, 2.45) is 0 Å². The van der Waals surface area contributed by atoms with Crippen LogP contribution in [0.25, 0.3) is 22.4 Å². The first kappa shape index (κ1) is 16.6. The molecule has 0 aliphatic carbocycles. The molecule has 1 N–H and O–H groups in total. The maximum absolute atomic E-state index is 12.4. The third-order valence-electron chi connectivity index (χ3n) is 3.45. The van der Waals surface area contributed by atoms with Crippen LogP contribution in [0, 0.1) is 13.8 Å². The molecule has 0 unspecified atom stereocenters. The van der Waals surface area contributed by atoms with Gasteiger partial charge in [-0.2, -0.15) is 0 Å². The summed E-state index contributed by atoms with van der Waals surface area (Å²) >= 11 is 2.85. The zero-order valence-corrected chi connectivity index (χ0v) is 15.1. The molecule has 0 spiro atoms. The number of hydrogen-bond acceptors (Lipinski definition) is 6. The fourth-order valence-electron chi connectivity index (χ4n) is 2.33. The first-order chi connectivity index (χ1) is 11.5. The highest BCUT2D eigenvalue weighted by Gasteiger charge is 2.19. The maximum atomic E-state index is 12.4. The van der Waals surface area contributed by atoms with Crippen molar-refractivity contribution in [2.45, 2.75) is 20.8 Å². The van der Waals surface area contributed by atoms with Crippen molar-refractivity contribution in [3.63, 3.8) is 0 Å². The molecule has 3 aromatic rings. The summed E-state index contributed by atoms with van der Waals surface area (Å²) in [5.74, 6) is 0.0544. The average molecular weight is 360 g/mol. The summed E-state index contributed by atoms with van der Waals surface area (Å²) < 4.78 is 5.03. The number of H-pyrrole nitrogens is 1. The predicted octanol–water partition coefficient (Wildman–Crippen LogP) is 4.01. The van der Waals surface area contributed by atoms with Crippen molar-refractivity contribution < 1.29 is 9.53 Å². The van der Waals surface area contributed by atoms with Gasteiger partial charge in [-0.25, -0.2) is 9.78 Å². The number of esters is 1. The molecule has 124 valence electrons. The summed E-state index contributed by atoms with van der Waals surface area (Å²) in [5, 5.41) is 0.451. The van der Waals surface area contributed by atoms with Gasteiger partial charge in [0.15, 0.2) is 0 Å². The Hall–Kier alpha value is -2.25. The lowest BCUT2D eigenvalue weighted by atomic mass is 10.2. The Balaban J connectivity index is 2.02. The molecule has 3 aromatic heterocycles. The van der Waals surface area contributed by atoms with Gasteiger partial charge in [0.2, 0.25) is 0 Å². The van der Waals surface area contributed by atoms with Gasteiger partial charge in [0.25, 0.3) is 5.56 Å². The summed E-state index contributed by atoms with van der Waals surface area (Å²) in [7, 11) is 0. The number of aromatic amines is 1. The van der Waals surface area contributed by atoms with E-state index in [9.17, 15) is 9.59 Å². The molecule has 7 heteroatoms. The van der Waals surface area contributed by atoms with E-state index in [0.717, 1.165) is 4.88 Å². The largest absolute Gasteiger partial charge is 0.462 e. The van der Waals surface area contributed by atoms with Crippen LogP contribution >= 0.6 is 22.7 Å². The Kier molecular flexibility index (Phi) is 4.64. The van der Waals surface area contributed by atoms with E-state index in [1.165, 1.54) is 16.2 Å². The molecule has 0 saturated carbocycles. The van der Waals surface area contributed by atoms with E-state index >= 15 is 0 Å². The molecular weight excluding hydrogens is 344 g/mol. The molecule has 0 amide bonds. The minimum absolute atomic E-state index is 0.244. The van der Waals surface area contributed by atoms with Crippen LogP contribution in [0.5, 0.6) is 0 Å². The zero-order valence-electron chi connectivity index (χ0n) is 13.5. The zero-order chi connectivity index (χ0) is 17.3. The molecule has 0 saturated heterocycles. The van der Waals surface area contributed by atoms with Gasteiger partial charge >= 0.3 is 5.97 Å². The molecule has 0 bridgehead atoms. The molecule has 3 rings (SSSR count). The Morgan fingerprint density at radius 2 is 2.08 bits per heavy atom. The Bertz CT molecular complexity index is 995. The highest BCUT2D eigenvalue weighted by molar-refractivity contribution is 7.20. The van der Waals surface area contributed by atoms with Crippen LogP contribution in [0.15, 0.2) is 16.9 Å². The van der Waals surface area contributed by atoms with Crippen molar-refractivity contribution in [1.82, 2.24) is 9.97 Å². The van der Waals surface area contributed by atoms with Crippen molar-refractivity contribution in [3.8, 4) is 0 Å². The molecule has 0 atom stereocenters. The molecule has 0 aliphatic rings. The first-order valence-corrected chi connectivity index (χ1v) is 9.08. The summed E-state index contributed by atoms with van der Waals surface area (Å²) in [6, 6.07) is 4.05. The smallest absolute Gasteiger partial charge is 0.348 e. The molecule has 0 fully saturated rings. The number of fused-ring (bicyclic) bond motifs is 1. The molecule has 5 nitrogen and oxygen atoms in total. The van der Waals surface area contributed by atoms with Gasteiger partial charge in [-0.05, 0) is 50.6 Å². The Labute approximate surface area is 146 Å². The number of aromatic nitrogens is 2. The molecule has 24 heavy (non-hydrogen) atoms. The number of nitrogens with zero attached hydrogens (tertiary/aromatic N) is 1. The second kappa shape index (κ2) is 6.70. The van der Waals surface area contributed by atoms with E-state index in [4.69, 9.17) is 4.74 Å². The van der Waals surface area contributed by atoms with Crippen molar-refractivity contribution >= 4 is 51.0 Å². The van der Waals surface area contributed by atoms with Crippen LogP contribution in [-0.4, -0.2) is 22.5 Å². The van der Waals surface area contributed by atoms with Gasteiger partial charge in [0.05, 0.1) is 12.0 Å². The lowest BCUT2D eigenvalue weighted by Gasteiger charge is -1.98. The normalized spacial score (nSPS) is 11.5. The minimum Gasteiger partial charge on any atom is -0.462 e. The van der Waals surface area contributed by atoms with Gasteiger partial charge in [-0.3, -0.25) is 4.79 Å². The molecule has 0 aliphatic heterocycles. The molecule has 0 radical (unpaired) electrons. The van der Waals surface area contributed by atoms with E-state index in [2.05, 4.69) is 9.97 Å². The SMILES string of the molecule is CCOC(=O)c1sc2nc(C=Cc3ccc(C)s3)[nH]c(=O)c2c1C. The number of carbonyl (C=O) groups excluding carboxylic acids is 1. The summed E-state index contributed by atoms with van der Waals surface area (Å²) in [5.41, 5.74) is 0.373. The predicted molar refractivity (Wildman–Crippen MR) is 98.9 cm³/mol. The fourth-order valence-corrected chi connectivity index (χ4v) is 4.20. The minimum atomic E-state index is -0.413. The average Bonchev–Trinajstić information content (AvgIpc) is 3.09. The van der Waals surface area contributed by atoms with Crippen LogP contribution in [0.1, 0.15) is 37.7 Å². The third kappa shape index (κ3) is 3.18. The highest BCUT2D eigenvalue weighted by Crippen LogP contribution is 2.28. The number of aryl methyl sites for hydroxylation is 2. The number of carbonyl (C=O) groups is 1. The highest BCUT2D eigenvalue weighted by atomic mass is 32.1. The quantitative estimate of drug-likeness (QED) is 0.714. The van der Waals surface area contributed by atoms with Crippen molar-refractivity contribution in [2.75, 3.05) is 6.61 Å². The monoisotopic (exact) mass is 360 g/mol. The van der Waals surface area contributed by atoms with Crippen LogP contribution in [0.3, 0.4) is 0 Å². The topological polar surface area (TPSA) is 72.0 Å². The number of hydrogen-bond donors (Lipinski definition) is 1. The molecule has 0 aromatic carbocycles. The van der Waals surface area contributed by atoms with Gasteiger partial charge < -0.3 is 9.72 Å². The van der Waals surface area contributed by atoms with Crippen LogP contribution in [-0.2, 0) is 4.74 Å². The summed E-state index contributed by atoms with van der Waals surface area (Å²) in [6.45, 7) is 5.83. The number of ether oxygens (including phenoxy) is 1. The standard InChI is InChI=1S/C17H16N2O3S2/c1-4-22-17(21)14-10(3)13-15(20)18-12(19-16(13)24-14)8-7-11-6-5-9(2)23-11/h5-8H,4H2,1-3H3,(H,18,19,20). The van der Waals surface area contributed by atoms with Crippen LogP contribution in [0.4, 0.5) is 0 Å². The Morgan fingerprint density at radius 3 is 2.75 bits per heavy atom. The van der Waals surface area contributed by atoms with E-state index in [1.54, 1.807) is 31.3 Å². The summed E-state index contributed by atoms with van der Waals surface area (Å²) in [4.78, 5) is 34.8. The van der Waals surface area contributed by atoms with Gasteiger partial charge in [-0.1, -0.05) is 0 Å². The number of nitrogens with one attached hydrogen (secondary N) is 1. The van der Waals surface area contributed by atoms with E-state index < -0.39 is 5.97 Å². The lowest BCUT2D eigenvalue weighted by molar-refractivity contribution is 0.0531. The lowest BCUT2D eigenvalue weighted by Crippen LogP contribution is -2.10. The van der Waals surface area contributed by atoms with Gasteiger partial charge in [0, 0.05) is 9.75 Å². The Morgan fingerprint density at radius 1 is 1.29 bits per heavy atom.